The van der Waals surface area contributed by atoms with Crippen molar-refractivity contribution >= 4 is 12.1 Å². The zero-order valence-electron chi connectivity index (χ0n) is 5.96. The van der Waals surface area contributed by atoms with Crippen molar-refractivity contribution in [3.05, 3.63) is 0 Å². The standard InChI is InChI=1S/C6H12N2O2/c1-6(8,4-9)5(10)2-3-7/h4H,2-3,7-8H2,1H3. The van der Waals surface area contributed by atoms with Gasteiger partial charge in [-0.05, 0) is 13.5 Å². The lowest BCUT2D eigenvalue weighted by molar-refractivity contribution is -0.128. The van der Waals surface area contributed by atoms with Gasteiger partial charge < -0.3 is 16.3 Å². The minimum Gasteiger partial charge on any atom is -0.330 e. The van der Waals surface area contributed by atoms with Crippen LogP contribution in [0, 0.1) is 0 Å². The average molecular weight is 144 g/mol. The van der Waals surface area contributed by atoms with Crippen LogP contribution in [0.1, 0.15) is 13.3 Å². The number of rotatable bonds is 4. The van der Waals surface area contributed by atoms with Gasteiger partial charge >= 0.3 is 0 Å². The number of nitrogens with two attached hydrogens (primary N) is 2. The lowest BCUT2D eigenvalue weighted by Crippen LogP contribution is -2.47. The molecule has 0 radical (unpaired) electrons. The minimum atomic E-state index is -1.35. The summed E-state index contributed by atoms with van der Waals surface area (Å²) in [5.74, 6) is -0.315. The van der Waals surface area contributed by atoms with Crippen LogP contribution < -0.4 is 11.5 Å². The number of carbonyl (C=O) groups is 2. The van der Waals surface area contributed by atoms with Gasteiger partial charge in [-0.2, -0.15) is 0 Å². The summed E-state index contributed by atoms with van der Waals surface area (Å²) in [5, 5.41) is 0. The van der Waals surface area contributed by atoms with E-state index in [0.717, 1.165) is 0 Å². The largest absolute Gasteiger partial charge is 0.330 e. The molecule has 1 atom stereocenters. The molecule has 0 bridgehead atoms. The second-order valence-corrected chi connectivity index (χ2v) is 2.36. The zero-order valence-corrected chi connectivity index (χ0v) is 5.96. The van der Waals surface area contributed by atoms with Gasteiger partial charge in [-0.15, -0.1) is 0 Å². The molecule has 0 rings (SSSR count). The van der Waals surface area contributed by atoms with Crippen molar-refractivity contribution in [1.82, 2.24) is 0 Å². The lowest BCUT2D eigenvalue weighted by atomic mass is 9.98. The van der Waals surface area contributed by atoms with E-state index < -0.39 is 5.54 Å². The average Bonchev–Trinajstić information content (AvgIpc) is 1.89. The van der Waals surface area contributed by atoms with Gasteiger partial charge in [-0.3, -0.25) is 4.79 Å². The Morgan fingerprint density at radius 3 is 2.50 bits per heavy atom. The predicted octanol–water partition coefficient (Wildman–Crippen LogP) is -1.18. The van der Waals surface area contributed by atoms with Crippen molar-refractivity contribution < 1.29 is 9.59 Å². The summed E-state index contributed by atoms with van der Waals surface area (Å²) in [4.78, 5) is 21.0. The molecule has 0 amide bonds. The van der Waals surface area contributed by atoms with Gasteiger partial charge in [-0.25, -0.2) is 0 Å². The SMILES string of the molecule is CC(N)(C=O)C(=O)CCN. The van der Waals surface area contributed by atoms with Crippen LogP contribution in [0.3, 0.4) is 0 Å². The Bertz CT molecular complexity index is 143. The highest BCUT2D eigenvalue weighted by Crippen LogP contribution is 1.98. The number of aldehydes is 1. The van der Waals surface area contributed by atoms with E-state index in [4.69, 9.17) is 11.5 Å². The molecule has 4 N–H and O–H groups in total. The summed E-state index contributed by atoms with van der Waals surface area (Å²) in [6, 6.07) is 0. The topological polar surface area (TPSA) is 86.2 Å². The van der Waals surface area contributed by atoms with Crippen LogP contribution in [-0.2, 0) is 9.59 Å². The van der Waals surface area contributed by atoms with Crippen molar-refractivity contribution in [3.8, 4) is 0 Å². The van der Waals surface area contributed by atoms with E-state index in [9.17, 15) is 9.59 Å². The van der Waals surface area contributed by atoms with E-state index in [1.165, 1.54) is 6.92 Å². The fourth-order valence-corrected chi connectivity index (χ4v) is 0.466. The molecule has 0 saturated carbocycles. The Hall–Kier alpha value is -0.740. The Morgan fingerprint density at radius 1 is 1.70 bits per heavy atom. The molecule has 4 nitrogen and oxygen atoms in total. The van der Waals surface area contributed by atoms with Crippen molar-refractivity contribution in [3.63, 3.8) is 0 Å². The van der Waals surface area contributed by atoms with Crippen molar-refractivity contribution in [2.24, 2.45) is 11.5 Å². The smallest absolute Gasteiger partial charge is 0.160 e. The van der Waals surface area contributed by atoms with Crippen LogP contribution in [0.25, 0.3) is 0 Å². The van der Waals surface area contributed by atoms with Gasteiger partial charge in [-0.1, -0.05) is 0 Å². The van der Waals surface area contributed by atoms with E-state index in [2.05, 4.69) is 0 Å². The molecule has 1 unspecified atom stereocenters. The minimum absolute atomic E-state index is 0.158. The van der Waals surface area contributed by atoms with E-state index in [0.29, 0.717) is 6.29 Å². The Kier molecular flexibility index (Phi) is 3.18. The molecular formula is C6H12N2O2. The Balaban J connectivity index is 4.04. The van der Waals surface area contributed by atoms with Gasteiger partial charge in [0.15, 0.2) is 5.78 Å². The first-order chi connectivity index (χ1) is 4.54. The van der Waals surface area contributed by atoms with Gasteiger partial charge in [0, 0.05) is 6.42 Å². The third kappa shape index (κ3) is 2.24. The molecular weight excluding hydrogens is 132 g/mol. The Morgan fingerprint density at radius 2 is 2.20 bits per heavy atom. The first-order valence-electron chi connectivity index (χ1n) is 3.03. The number of hydrogen-bond donors (Lipinski definition) is 2. The molecule has 0 aliphatic rings. The molecule has 0 saturated heterocycles. The van der Waals surface area contributed by atoms with Crippen molar-refractivity contribution in [2.45, 2.75) is 18.9 Å². The first-order valence-corrected chi connectivity index (χ1v) is 3.03. The van der Waals surface area contributed by atoms with E-state index in [1.807, 2.05) is 0 Å². The summed E-state index contributed by atoms with van der Waals surface area (Å²) in [7, 11) is 0. The molecule has 0 aromatic rings. The number of carbonyl (C=O) groups excluding carboxylic acids is 2. The predicted molar refractivity (Wildman–Crippen MR) is 37.3 cm³/mol. The summed E-state index contributed by atoms with van der Waals surface area (Å²) < 4.78 is 0. The molecule has 0 aliphatic heterocycles. The summed E-state index contributed by atoms with van der Waals surface area (Å²) in [5.41, 5.74) is 9.01. The fourth-order valence-electron chi connectivity index (χ4n) is 0.466. The maximum absolute atomic E-state index is 10.9. The normalized spacial score (nSPS) is 15.9. The monoisotopic (exact) mass is 144 g/mol. The summed E-state index contributed by atoms with van der Waals surface area (Å²) in [6.45, 7) is 1.61. The maximum Gasteiger partial charge on any atom is 0.160 e. The number of Topliss-reactive ketones (excluding diaryl/α,β-unsaturated/α-hetero) is 1. The second-order valence-electron chi connectivity index (χ2n) is 2.36. The molecule has 58 valence electrons. The second kappa shape index (κ2) is 3.43. The van der Waals surface area contributed by atoms with Crippen molar-refractivity contribution in [2.75, 3.05) is 6.54 Å². The summed E-state index contributed by atoms with van der Waals surface area (Å²) in [6.07, 6.45) is 0.594. The highest BCUT2D eigenvalue weighted by molar-refractivity contribution is 6.02. The molecule has 0 fully saturated rings. The molecule has 0 aromatic heterocycles. The molecule has 0 aliphatic carbocycles. The lowest BCUT2D eigenvalue weighted by Gasteiger charge is -2.13. The van der Waals surface area contributed by atoms with Crippen molar-refractivity contribution in [1.29, 1.82) is 0 Å². The first kappa shape index (κ1) is 9.26. The van der Waals surface area contributed by atoms with Crippen LogP contribution in [0.5, 0.6) is 0 Å². The number of ketones is 1. The molecule has 4 heteroatoms. The highest BCUT2D eigenvalue weighted by Gasteiger charge is 2.25. The fraction of sp³-hybridized carbons (Fsp3) is 0.667. The maximum atomic E-state index is 10.9. The van der Waals surface area contributed by atoms with Crippen LogP contribution in [-0.4, -0.2) is 24.2 Å². The third-order valence-corrected chi connectivity index (χ3v) is 1.22. The Labute approximate surface area is 59.6 Å². The van der Waals surface area contributed by atoms with Gasteiger partial charge in [0.05, 0.1) is 0 Å². The molecule has 0 spiro atoms. The summed E-state index contributed by atoms with van der Waals surface area (Å²) >= 11 is 0. The number of hydrogen-bond acceptors (Lipinski definition) is 4. The molecule has 10 heavy (non-hydrogen) atoms. The van der Waals surface area contributed by atoms with Crippen LogP contribution >= 0.6 is 0 Å². The van der Waals surface area contributed by atoms with Gasteiger partial charge in [0.2, 0.25) is 0 Å². The van der Waals surface area contributed by atoms with Gasteiger partial charge in [0.1, 0.15) is 11.8 Å². The van der Waals surface area contributed by atoms with Gasteiger partial charge in [0.25, 0.3) is 0 Å². The van der Waals surface area contributed by atoms with Crippen LogP contribution in [0.15, 0.2) is 0 Å². The quantitative estimate of drug-likeness (QED) is 0.384. The van der Waals surface area contributed by atoms with E-state index >= 15 is 0 Å². The molecule has 0 heterocycles. The third-order valence-electron chi connectivity index (χ3n) is 1.22. The zero-order chi connectivity index (χ0) is 8.20. The van der Waals surface area contributed by atoms with E-state index in [1.54, 1.807) is 0 Å². The highest BCUT2D eigenvalue weighted by atomic mass is 16.1. The van der Waals surface area contributed by atoms with Crippen LogP contribution in [0.2, 0.25) is 0 Å². The van der Waals surface area contributed by atoms with E-state index in [-0.39, 0.29) is 18.7 Å². The molecule has 0 aromatic carbocycles. The van der Waals surface area contributed by atoms with Crippen LogP contribution in [0.4, 0.5) is 0 Å².